The van der Waals surface area contributed by atoms with Crippen LogP contribution in [0.1, 0.15) is 101 Å². The van der Waals surface area contributed by atoms with Crippen molar-refractivity contribution in [3.8, 4) is 0 Å². The molecular formula is C39H68N2O12. The van der Waals surface area contributed by atoms with Crippen LogP contribution in [0.25, 0.3) is 0 Å². The summed E-state index contributed by atoms with van der Waals surface area (Å²) in [6.45, 7) is 24.5. The van der Waals surface area contributed by atoms with Gasteiger partial charge in [-0.1, -0.05) is 26.8 Å². The maximum absolute atomic E-state index is 12.3. The number of aliphatic imine (C=N–C) groups is 2. The highest BCUT2D eigenvalue weighted by Crippen LogP contribution is 2.18. The highest BCUT2D eigenvalue weighted by molar-refractivity contribution is 5.87. The molecule has 0 aliphatic rings. The van der Waals surface area contributed by atoms with Gasteiger partial charge in [0, 0.05) is 17.4 Å². The number of rotatable bonds is 34. The van der Waals surface area contributed by atoms with Crippen molar-refractivity contribution in [3.05, 3.63) is 12.2 Å². The van der Waals surface area contributed by atoms with Crippen LogP contribution in [0, 0.1) is 11.3 Å². The van der Waals surface area contributed by atoms with Crippen LogP contribution in [-0.4, -0.2) is 127 Å². The van der Waals surface area contributed by atoms with Crippen LogP contribution in [0.3, 0.4) is 0 Å². The molecular weight excluding hydrogens is 688 g/mol. The summed E-state index contributed by atoms with van der Waals surface area (Å²) in [5.74, 6) is -0.529. The zero-order valence-electron chi connectivity index (χ0n) is 33.9. The highest BCUT2D eigenvalue weighted by Gasteiger charge is 2.21. The lowest BCUT2D eigenvalue weighted by Crippen LogP contribution is -2.31. The van der Waals surface area contributed by atoms with E-state index in [2.05, 4.69) is 30.4 Å². The summed E-state index contributed by atoms with van der Waals surface area (Å²) >= 11 is 0. The second-order valence-corrected chi connectivity index (χ2v) is 14.7. The van der Waals surface area contributed by atoms with E-state index in [1.165, 1.54) is 6.08 Å². The van der Waals surface area contributed by atoms with Crippen LogP contribution in [0.4, 0.5) is 0 Å². The van der Waals surface area contributed by atoms with Crippen molar-refractivity contribution in [3.63, 3.8) is 0 Å². The SMILES string of the molecule is C=C(C)C(=O)OC(C)COC(C)COC(C)COCC(C)(C)COCC(C)OCC(C)OCC(C)OC(=O)CCCCC(CCCN=C=O)CN=C=O. The summed E-state index contributed by atoms with van der Waals surface area (Å²) in [5.41, 5.74) is 0.145. The molecule has 0 aromatic carbocycles. The first-order valence-electron chi connectivity index (χ1n) is 18.8. The molecule has 14 heteroatoms. The second kappa shape index (κ2) is 30.5. The van der Waals surface area contributed by atoms with Crippen molar-refractivity contribution >= 4 is 24.1 Å². The Bertz CT molecular complexity index is 1110. The fourth-order valence-electron chi connectivity index (χ4n) is 4.77. The minimum absolute atomic E-state index is 0.122. The van der Waals surface area contributed by atoms with Crippen LogP contribution < -0.4 is 0 Å². The third-order valence-electron chi connectivity index (χ3n) is 7.75. The van der Waals surface area contributed by atoms with E-state index in [1.807, 2.05) is 27.7 Å². The average molecular weight is 757 g/mol. The minimum atomic E-state index is -0.429. The number of carbonyl (C=O) groups is 2. The van der Waals surface area contributed by atoms with Crippen molar-refractivity contribution in [1.82, 2.24) is 0 Å². The smallest absolute Gasteiger partial charge is 0.333 e. The third kappa shape index (κ3) is 30.2. The molecule has 0 rings (SSSR count). The number of unbranched alkanes of at least 4 members (excludes halogenated alkanes) is 1. The molecule has 0 saturated carbocycles. The maximum atomic E-state index is 12.3. The summed E-state index contributed by atoms with van der Waals surface area (Å²) in [6, 6.07) is 0. The number of ether oxygens (including phenoxy) is 8. The van der Waals surface area contributed by atoms with Crippen LogP contribution >= 0.6 is 0 Å². The third-order valence-corrected chi connectivity index (χ3v) is 7.75. The Labute approximate surface area is 317 Å². The summed E-state index contributed by atoms with van der Waals surface area (Å²) in [4.78, 5) is 51.8. The molecule has 0 aliphatic heterocycles. The monoisotopic (exact) mass is 756 g/mol. The van der Waals surface area contributed by atoms with Crippen molar-refractivity contribution < 1.29 is 57.1 Å². The van der Waals surface area contributed by atoms with Gasteiger partial charge < -0.3 is 37.9 Å². The van der Waals surface area contributed by atoms with E-state index < -0.39 is 12.1 Å². The lowest BCUT2D eigenvalue weighted by atomic mass is 9.96. The molecule has 0 aliphatic carbocycles. The summed E-state index contributed by atoms with van der Waals surface area (Å²) in [7, 11) is 0. The molecule has 0 aromatic heterocycles. The van der Waals surface area contributed by atoms with E-state index in [0.717, 1.165) is 25.7 Å². The van der Waals surface area contributed by atoms with Crippen LogP contribution in [0.5, 0.6) is 0 Å². The number of hydrogen-bond acceptors (Lipinski definition) is 14. The number of isocyanates is 2. The predicted octanol–water partition coefficient (Wildman–Crippen LogP) is 5.73. The Morgan fingerprint density at radius 3 is 1.58 bits per heavy atom. The quantitative estimate of drug-likeness (QED) is 0.0258. The Morgan fingerprint density at radius 2 is 1.09 bits per heavy atom. The molecule has 53 heavy (non-hydrogen) atoms. The largest absolute Gasteiger partial charge is 0.460 e. The van der Waals surface area contributed by atoms with E-state index in [4.69, 9.17) is 37.9 Å². The van der Waals surface area contributed by atoms with Gasteiger partial charge in [-0.2, -0.15) is 0 Å². The molecule has 7 unspecified atom stereocenters. The standard InChI is InChI=1S/C39H68N2O12/c1-29(2)38(45)53-35(8)24-51-33(6)22-49-31(4)20-47-26-39(9,10)25-46-19-30(3)48-21-32(5)50-23-34(7)52-37(44)16-12-11-14-36(18-41-28-43)15-13-17-40-27-42/h30-36H,1,11-26H2,2-10H3. The Balaban J connectivity index is 4.09. The number of hydrogen-bond donors (Lipinski definition) is 0. The fourth-order valence-corrected chi connectivity index (χ4v) is 4.77. The highest BCUT2D eigenvalue weighted by atomic mass is 16.6. The van der Waals surface area contributed by atoms with Gasteiger partial charge in [-0.15, -0.1) is 0 Å². The second-order valence-electron chi connectivity index (χ2n) is 14.7. The van der Waals surface area contributed by atoms with Crippen LogP contribution in [0.15, 0.2) is 22.1 Å². The molecule has 0 bridgehead atoms. The molecule has 306 valence electrons. The molecule has 0 saturated heterocycles. The number of carbonyl (C=O) groups excluding carboxylic acids is 4. The van der Waals surface area contributed by atoms with Gasteiger partial charge in [0.15, 0.2) is 0 Å². The van der Waals surface area contributed by atoms with Gasteiger partial charge in [0.25, 0.3) is 0 Å². The minimum Gasteiger partial charge on any atom is -0.460 e. The maximum Gasteiger partial charge on any atom is 0.333 e. The van der Waals surface area contributed by atoms with Gasteiger partial charge in [0.1, 0.15) is 12.2 Å². The molecule has 0 aromatic rings. The molecule has 0 amide bonds. The van der Waals surface area contributed by atoms with Gasteiger partial charge in [0.05, 0.1) is 90.4 Å². The fraction of sp³-hybridized carbons (Fsp3) is 0.846. The molecule has 0 radical (unpaired) electrons. The summed E-state index contributed by atoms with van der Waals surface area (Å²) in [5, 5.41) is 0. The molecule has 0 heterocycles. The van der Waals surface area contributed by atoms with E-state index in [0.29, 0.717) is 71.1 Å². The molecule has 0 N–H and O–H groups in total. The van der Waals surface area contributed by atoms with Crippen molar-refractivity contribution in [2.75, 3.05) is 65.9 Å². The lowest BCUT2D eigenvalue weighted by Gasteiger charge is -2.26. The first-order valence-corrected chi connectivity index (χ1v) is 18.8. The first kappa shape index (κ1) is 50.2. The Hall–Kier alpha value is -2.80. The van der Waals surface area contributed by atoms with Gasteiger partial charge in [-0.3, -0.25) is 4.79 Å². The Morgan fingerprint density at radius 1 is 0.642 bits per heavy atom. The molecule has 14 nitrogen and oxygen atoms in total. The molecule has 7 atom stereocenters. The lowest BCUT2D eigenvalue weighted by molar-refractivity contribution is -0.153. The molecule has 0 fully saturated rings. The molecule has 0 spiro atoms. The van der Waals surface area contributed by atoms with Crippen LogP contribution in [-0.2, 0) is 57.1 Å². The van der Waals surface area contributed by atoms with Gasteiger partial charge in [-0.25, -0.2) is 24.4 Å². The van der Waals surface area contributed by atoms with Gasteiger partial charge >= 0.3 is 11.9 Å². The normalized spacial score (nSPS) is 15.5. The van der Waals surface area contributed by atoms with Gasteiger partial charge in [0.2, 0.25) is 12.2 Å². The number of esters is 2. The number of nitrogens with zero attached hydrogens (tertiary/aromatic N) is 2. The van der Waals surface area contributed by atoms with Crippen molar-refractivity contribution in [2.24, 2.45) is 21.3 Å². The van der Waals surface area contributed by atoms with E-state index in [1.54, 1.807) is 26.9 Å². The van der Waals surface area contributed by atoms with Gasteiger partial charge in [-0.05, 0) is 80.1 Å². The average Bonchev–Trinajstić information content (AvgIpc) is 3.09. The van der Waals surface area contributed by atoms with E-state index in [9.17, 15) is 19.2 Å². The zero-order chi connectivity index (χ0) is 40.1. The first-order chi connectivity index (χ1) is 25.1. The van der Waals surface area contributed by atoms with Crippen molar-refractivity contribution in [1.29, 1.82) is 0 Å². The Kier molecular flexibility index (Phi) is 28.9. The van der Waals surface area contributed by atoms with Crippen molar-refractivity contribution in [2.45, 2.75) is 137 Å². The summed E-state index contributed by atoms with van der Waals surface area (Å²) in [6.07, 6.45) is 5.77. The predicted molar refractivity (Wildman–Crippen MR) is 200 cm³/mol. The summed E-state index contributed by atoms with van der Waals surface area (Å²) < 4.78 is 45.8. The van der Waals surface area contributed by atoms with Crippen LogP contribution in [0.2, 0.25) is 0 Å². The van der Waals surface area contributed by atoms with E-state index >= 15 is 0 Å². The topological polar surface area (TPSA) is 167 Å². The zero-order valence-corrected chi connectivity index (χ0v) is 33.9. The van der Waals surface area contributed by atoms with E-state index in [-0.39, 0.29) is 61.0 Å².